The molecule has 4 N–H and O–H groups in total. The SMILES string of the molecule is CC(C=O)=CC(=CNCC(C)(N)F)C(=O)O. The predicted molar refractivity (Wildman–Crippen MR) is 57.2 cm³/mol. The summed E-state index contributed by atoms with van der Waals surface area (Å²) < 4.78 is 12.8. The first-order chi connectivity index (χ1) is 7.26. The maximum atomic E-state index is 12.8. The molecule has 16 heavy (non-hydrogen) atoms. The van der Waals surface area contributed by atoms with Crippen LogP contribution in [0.25, 0.3) is 0 Å². The van der Waals surface area contributed by atoms with Gasteiger partial charge in [-0.1, -0.05) is 0 Å². The van der Waals surface area contributed by atoms with Crippen molar-refractivity contribution in [2.75, 3.05) is 6.54 Å². The molecule has 0 aliphatic heterocycles. The standard InChI is InChI=1S/C10H15FN2O3/c1-7(5-14)3-8(9(15)16)4-13-6-10(2,11)12/h3-5,13H,6,12H2,1-2H3,(H,15,16). The number of carbonyl (C=O) groups excluding carboxylic acids is 1. The second kappa shape index (κ2) is 6.02. The average Bonchev–Trinajstić information content (AvgIpc) is 2.13. The lowest BCUT2D eigenvalue weighted by atomic mass is 10.2. The molecule has 0 heterocycles. The van der Waals surface area contributed by atoms with Crippen LogP contribution in [0.1, 0.15) is 13.8 Å². The van der Waals surface area contributed by atoms with Crippen molar-refractivity contribution in [1.82, 2.24) is 5.32 Å². The van der Waals surface area contributed by atoms with Crippen molar-refractivity contribution in [1.29, 1.82) is 0 Å². The minimum absolute atomic E-state index is 0.145. The maximum Gasteiger partial charge on any atom is 0.337 e. The van der Waals surface area contributed by atoms with Crippen LogP contribution in [0.4, 0.5) is 4.39 Å². The molecule has 0 radical (unpaired) electrons. The van der Waals surface area contributed by atoms with Crippen molar-refractivity contribution in [3.8, 4) is 0 Å². The Labute approximate surface area is 92.8 Å². The number of carboxylic acids is 1. The molecule has 0 amide bonds. The van der Waals surface area contributed by atoms with E-state index in [4.69, 9.17) is 10.8 Å². The van der Waals surface area contributed by atoms with E-state index in [9.17, 15) is 14.0 Å². The molecule has 0 aliphatic carbocycles. The van der Waals surface area contributed by atoms with Crippen LogP contribution in [-0.4, -0.2) is 29.7 Å². The van der Waals surface area contributed by atoms with Gasteiger partial charge in [0, 0.05) is 6.20 Å². The van der Waals surface area contributed by atoms with Gasteiger partial charge in [0.1, 0.15) is 6.29 Å². The zero-order chi connectivity index (χ0) is 12.8. The monoisotopic (exact) mass is 230 g/mol. The van der Waals surface area contributed by atoms with E-state index in [1.54, 1.807) is 0 Å². The largest absolute Gasteiger partial charge is 0.478 e. The summed E-state index contributed by atoms with van der Waals surface area (Å²) in [5, 5.41) is 11.2. The number of aldehydes is 1. The first kappa shape index (κ1) is 14.3. The highest BCUT2D eigenvalue weighted by Gasteiger charge is 2.14. The highest BCUT2D eigenvalue weighted by Crippen LogP contribution is 2.01. The van der Waals surface area contributed by atoms with Gasteiger partial charge in [0.05, 0.1) is 12.1 Å². The van der Waals surface area contributed by atoms with E-state index >= 15 is 0 Å². The highest BCUT2D eigenvalue weighted by atomic mass is 19.1. The molecule has 5 nitrogen and oxygen atoms in total. The summed E-state index contributed by atoms with van der Waals surface area (Å²) in [4.78, 5) is 21.0. The number of halogens is 1. The fraction of sp³-hybridized carbons (Fsp3) is 0.400. The molecule has 0 bridgehead atoms. The molecule has 0 spiro atoms. The van der Waals surface area contributed by atoms with Crippen molar-refractivity contribution in [2.45, 2.75) is 19.6 Å². The molecule has 1 unspecified atom stereocenters. The molecular weight excluding hydrogens is 215 g/mol. The summed E-state index contributed by atoms with van der Waals surface area (Å²) in [6.45, 7) is 2.39. The average molecular weight is 230 g/mol. The van der Waals surface area contributed by atoms with E-state index in [1.807, 2.05) is 0 Å². The molecule has 0 rings (SSSR count). The van der Waals surface area contributed by atoms with Crippen LogP contribution in [-0.2, 0) is 9.59 Å². The first-order valence-corrected chi connectivity index (χ1v) is 4.54. The van der Waals surface area contributed by atoms with E-state index in [1.165, 1.54) is 13.0 Å². The van der Waals surface area contributed by atoms with Crippen molar-refractivity contribution in [2.24, 2.45) is 5.73 Å². The molecule has 0 fully saturated rings. The van der Waals surface area contributed by atoms with Gasteiger partial charge >= 0.3 is 5.97 Å². The molecule has 0 aromatic heterocycles. The summed E-state index contributed by atoms with van der Waals surface area (Å²) in [5.41, 5.74) is 5.16. The quantitative estimate of drug-likeness (QED) is 0.265. The number of carbonyl (C=O) groups is 2. The third-order valence-electron chi connectivity index (χ3n) is 1.52. The Kier molecular flexibility index (Phi) is 5.38. The molecular formula is C10H15FN2O3. The van der Waals surface area contributed by atoms with E-state index in [-0.39, 0.29) is 17.7 Å². The molecule has 0 aliphatic rings. The van der Waals surface area contributed by atoms with Crippen LogP contribution in [0.5, 0.6) is 0 Å². The van der Waals surface area contributed by atoms with Crippen LogP contribution in [0.3, 0.4) is 0 Å². The Morgan fingerprint density at radius 1 is 1.62 bits per heavy atom. The Balaban J connectivity index is 4.62. The van der Waals surface area contributed by atoms with Gasteiger partial charge in [-0.2, -0.15) is 0 Å². The van der Waals surface area contributed by atoms with Crippen molar-refractivity contribution in [3.05, 3.63) is 23.4 Å². The van der Waals surface area contributed by atoms with Crippen molar-refractivity contribution in [3.63, 3.8) is 0 Å². The normalized spacial score (nSPS) is 16.5. The van der Waals surface area contributed by atoms with Crippen molar-refractivity contribution >= 4 is 12.3 Å². The Morgan fingerprint density at radius 3 is 2.56 bits per heavy atom. The summed E-state index contributed by atoms with van der Waals surface area (Å²) in [6.07, 6.45) is 2.80. The summed E-state index contributed by atoms with van der Waals surface area (Å²) in [7, 11) is 0. The number of hydrogen-bond donors (Lipinski definition) is 3. The van der Waals surface area contributed by atoms with Crippen molar-refractivity contribution < 1.29 is 19.1 Å². The van der Waals surface area contributed by atoms with Gasteiger partial charge in [-0.3, -0.25) is 10.5 Å². The number of allylic oxidation sites excluding steroid dienone is 1. The van der Waals surface area contributed by atoms with E-state index in [0.29, 0.717) is 6.29 Å². The lowest BCUT2D eigenvalue weighted by Gasteiger charge is -2.13. The van der Waals surface area contributed by atoms with Gasteiger partial charge in [-0.15, -0.1) is 0 Å². The Bertz CT molecular complexity index is 329. The van der Waals surface area contributed by atoms with Crippen LogP contribution < -0.4 is 11.1 Å². The Hall–Kier alpha value is -1.69. The van der Waals surface area contributed by atoms with Crippen LogP contribution in [0, 0.1) is 0 Å². The lowest BCUT2D eigenvalue weighted by molar-refractivity contribution is -0.132. The predicted octanol–water partition coefficient (Wildman–Crippen LogP) is 0.334. The summed E-state index contributed by atoms with van der Waals surface area (Å²) in [5.74, 6) is -3.14. The number of aliphatic carboxylic acids is 1. The van der Waals surface area contributed by atoms with Crippen LogP contribution in [0.15, 0.2) is 23.4 Å². The van der Waals surface area contributed by atoms with Gasteiger partial charge in [-0.25, -0.2) is 9.18 Å². The zero-order valence-corrected chi connectivity index (χ0v) is 9.16. The fourth-order valence-corrected chi connectivity index (χ4v) is 0.805. The summed E-state index contributed by atoms with van der Waals surface area (Å²) in [6, 6.07) is 0. The van der Waals surface area contributed by atoms with Gasteiger partial charge in [-0.05, 0) is 25.5 Å². The van der Waals surface area contributed by atoms with E-state index < -0.39 is 11.8 Å². The topological polar surface area (TPSA) is 92.4 Å². The van der Waals surface area contributed by atoms with Gasteiger partial charge < -0.3 is 10.4 Å². The highest BCUT2D eigenvalue weighted by molar-refractivity contribution is 5.91. The molecule has 0 saturated carbocycles. The second-order valence-corrected chi connectivity index (χ2v) is 3.57. The number of hydrogen-bond acceptors (Lipinski definition) is 4. The lowest BCUT2D eigenvalue weighted by Crippen LogP contribution is -2.40. The third kappa shape index (κ3) is 6.72. The van der Waals surface area contributed by atoms with Gasteiger partial charge in [0.15, 0.2) is 5.79 Å². The molecule has 0 saturated heterocycles. The number of rotatable bonds is 6. The van der Waals surface area contributed by atoms with Crippen LogP contribution in [0.2, 0.25) is 0 Å². The molecule has 6 heteroatoms. The molecule has 1 atom stereocenters. The minimum atomic E-state index is -1.93. The molecule has 0 aromatic carbocycles. The fourth-order valence-electron chi connectivity index (χ4n) is 0.805. The van der Waals surface area contributed by atoms with Gasteiger partial charge in [0.25, 0.3) is 0 Å². The zero-order valence-electron chi connectivity index (χ0n) is 9.16. The second-order valence-electron chi connectivity index (χ2n) is 3.57. The molecule has 0 aromatic rings. The number of carboxylic acid groups (broad SMARTS) is 1. The van der Waals surface area contributed by atoms with Gasteiger partial charge in [0.2, 0.25) is 0 Å². The minimum Gasteiger partial charge on any atom is -0.478 e. The summed E-state index contributed by atoms with van der Waals surface area (Å²) >= 11 is 0. The number of nitrogens with one attached hydrogen (secondary N) is 1. The van der Waals surface area contributed by atoms with Crippen LogP contribution >= 0.6 is 0 Å². The first-order valence-electron chi connectivity index (χ1n) is 4.54. The van der Waals surface area contributed by atoms with E-state index in [0.717, 1.165) is 13.1 Å². The third-order valence-corrected chi connectivity index (χ3v) is 1.52. The Morgan fingerprint density at radius 2 is 2.19 bits per heavy atom. The maximum absolute atomic E-state index is 12.8. The number of alkyl halides is 1. The smallest absolute Gasteiger partial charge is 0.337 e. The van der Waals surface area contributed by atoms with E-state index in [2.05, 4.69) is 5.32 Å². The molecule has 90 valence electrons. The number of nitrogens with two attached hydrogens (primary N) is 1.